The predicted molar refractivity (Wildman–Crippen MR) is 79.2 cm³/mol. The summed E-state index contributed by atoms with van der Waals surface area (Å²) in [5, 5.41) is 3.39. The van der Waals surface area contributed by atoms with Crippen LogP contribution in [0.3, 0.4) is 0 Å². The third-order valence-corrected chi connectivity index (χ3v) is 5.32. The van der Waals surface area contributed by atoms with Crippen LogP contribution in [0.1, 0.15) is 26.7 Å². The maximum absolute atomic E-state index is 12.3. The van der Waals surface area contributed by atoms with E-state index in [2.05, 4.69) is 25.7 Å². The highest BCUT2D eigenvalue weighted by molar-refractivity contribution is 7.86. The summed E-state index contributed by atoms with van der Waals surface area (Å²) in [5.41, 5.74) is 0. The molecule has 112 valence electrons. The molecular formula is C13H27N3O2S. The van der Waals surface area contributed by atoms with Crippen LogP contribution in [0.15, 0.2) is 12.7 Å². The molecule has 0 aromatic carbocycles. The highest BCUT2D eigenvalue weighted by Gasteiger charge is 2.31. The summed E-state index contributed by atoms with van der Waals surface area (Å²) in [6.07, 6.45) is 3.64. The minimum absolute atomic E-state index is 0.355. The molecule has 0 saturated carbocycles. The fourth-order valence-corrected chi connectivity index (χ4v) is 3.73. The van der Waals surface area contributed by atoms with Crippen LogP contribution in [0.4, 0.5) is 0 Å². The van der Waals surface area contributed by atoms with Gasteiger partial charge in [0.2, 0.25) is 0 Å². The van der Waals surface area contributed by atoms with E-state index < -0.39 is 10.2 Å². The molecule has 5 nitrogen and oxygen atoms in total. The van der Waals surface area contributed by atoms with E-state index in [0.717, 1.165) is 19.4 Å². The largest absolute Gasteiger partial charge is 0.314 e. The first-order valence-corrected chi connectivity index (χ1v) is 8.33. The molecule has 19 heavy (non-hydrogen) atoms. The molecule has 1 rings (SSSR count). The first-order valence-electron chi connectivity index (χ1n) is 6.93. The molecule has 0 aromatic heterocycles. The molecule has 0 aliphatic carbocycles. The van der Waals surface area contributed by atoms with Gasteiger partial charge in [-0.1, -0.05) is 19.9 Å². The van der Waals surface area contributed by atoms with Crippen molar-refractivity contribution in [3.63, 3.8) is 0 Å². The Morgan fingerprint density at radius 2 is 2.21 bits per heavy atom. The minimum atomic E-state index is -3.33. The lowest BCUT2D eigenvalue weighted by Crippen LogP contribution is -2.48. The van der Waals surface area contributed by atoms with Crippen molar-refractivity contribution in [3.8, 4) is 0 Å². The predicted octanol–water partition coefficient (Wildman–Crippen LogP) is 1.06. The fraction of sp³-hybridized carbons (Fsp3) is 0.846. The molecule has 1 heterocycles. The van der Waals surface area contributed by atoms with E-state index in [0.29, 0.717) is 31.6 Å². The van der Waals surface area contributed by atoms with Crippen LogP contribution >= 0.6 is 0 Å². The number of nitrogens with one attached hydrogen (secondary N) is 1. The number of piperidine rings is 1. The van der Waals surface area contributed by atoms with Gasteiger partial charge in [-0.25, -0.2) is 0 Å². The highest BCUT2D eigenvalue weighted by Crippen LogP contribution is 2.20. The molecular weight excluding hydrogens is 262 g/mol. The molecule has 1 fully saturated rings. The second-order valence-electron chi connectivity index (χ2n) is 5.51. The Bertz CT molecular complexity index is 381. The minimum Gasteiger partial charge on any atom is -0.314 e. The van der Waals surface area contributed by atoms with Crippen molar-refractivity contribution in [2.24, 2.45) is 5.92 Å². The third-order valence-electron chi connectivity index (χ3n) is 3.40. The Morgan fingerprint density at radius 3 is 2.79 bits per heavy atom. The number of rotatable bonds is 7. The molecule has 6 heteroatoms. The van der Waals surface area contributed by atoms with Crippen LogP contribution in [0.25, 0.3) is 0 Å². The Labute approximate surface area is 117 Å². The van der Waals surface area contributed by atoms with Gasteiger partial charge in [-0.3, -0.25) is 0 Å². The number of hydrogen-bond acceptors (Lipinski definition) is 3. The third kappa shape index (κ3) is 4.87. The van der Waals surface area contributed by atoms with Gasteiger partial charge in [-0.05, 0) is 25.3 Å². The van der Waals surface area contributed by atoms with Crippen molar-refractivity contribution in [3.05, 3.63) is 12.7 Å². The lowest BCUT2D eigenvalue weighted by atomic mass is 9.99. The molecule has 1 aliphatic rings. The average Bonchev–Trinajstić information content (AvgIpc) is 2.37. The standard InChI is InChI=1S/C13H27N3O2S/c1-5-8-15(4)19(17,18)16-9-6-7-13(11-16)10-14-12(2)3/h5,12-14H,1,6-11H2,2-4H3. The van der Waals surface area contributed by atoms with Crippen molar-refractivity contribution in [2.75, 3.05) is 33.2 Å². The molecule has 0 spiro atoms. The van der Waals surface area contributed by atoms with Crippen LogP contribution in [0, 0.1) is 5.92 Å². The zero-order chi connectivity index (χ0) is 14.5. The topological polar surface area (TPSA) is 52.7 Å². The van der Waals surface area contributed by atoms with E-state index in [1.165, 1.54) is 4.31 Å². The van der Waals surface area contributed by atoms with E-state index in [-0.39, 0.29) is 0 Å². The fourth-order valence-electron chi connectivity index (χ4n) is 2.28. The maximum Gasteiger partial charge on any atom is 0.282 e. The Hall–Kier alpha value is -0.430. The molecule has 0 bridgehead atoms. The van der Waals surface area contributed by atoms with E-state index >= 15 is 0 Å². The van der Waals surface area contributed by atoms with Crippen LogP contribution in [-0.4, -0.2) is 56.3 Å². The van der Waals surface area contributed by atoms with Crippen LogP contribution in [-0.2, 0) is 10.2 Å². The smallest absolute Gasteiger partial charge is 0.282 e. The second kappa shape index (κ2) is 7.38. The highest BCUT2D eigenvalue weighted by atomic mass is 32.2. The van der Waals surface area contributed by atoms with Gasteiger partial charge in [-0.2, -0.15) is 17.0 Å². The lowest BCUT2D eigenvalue weighted by Gasteiger charge is -2.34. The SMILES string of the molecule is C=CCN(C)S(=O)(=O)N1CCCC(CNC(C)C)C1. The molecule has 1 saturated heterocycles. The van der Waals surface area contributed by atoms with Gasteiger partial charge >= 0.3 is 0 Å². The average molecular weight is 289 g/mol. The first kappa shape index (κ1) is 16.6. The molecule has 1 aliphatic heterocycles. The van der Waals surface area contributed by atoms with E-state index in [9.17, 15) is 8.42 Å². The first-order chi connectivity index (χ1) is 8.87. The summed E-state index contributed by atoms with van der Waals surface area (Å²) < 4.78 is 27.6. The van der Waals surface area contributed by atoms with Crippen molar-refractivity contribution in [1.82, 2.24) is 13.9 Å². The normalized spacial score (nSPS) is 22.1. The van der Waals surface area contributed by atoms with Gasteiger partial charge in [-0.15, -0.1) is 6.58 Å². The number of nitrogens with zero attached hydrogens (tertiary/aromatic N) is 2. The van der Waals surface area contributed by atoms with Crippen LogP contribution in [0.5, 0.6) is 0 Å². The summed E-state index contributed by atoms with van der Waals surface area (Å²) in [4.78, 5) is 0. The summed E-state index contributed by atoms with van der Waals surface area (Å²) in [6, 6.07) is 0.440. The van der Waals surface area contributed by atoms with Gasteiger partial charge in [0, 0.05) is 32.7 Å². The molecule has 1 unspecified atom stereocenters. The lowest BCUT2D eigenvalue weighted by molar-refractivity contribution is 0.245. The Balaban J connectivity index is 2.60. The molecule has 1 N–H and O–H groups in total. The quantitative estimate of drug-likeness (QED) is 0.713. The van der Waals surface area contributed by atoms with Crippen LogP contribution < -0.4 is 5.32 Å². The van der Waals surface area contributed by atoms with E-state index in [1.54, 1.807) is 17.4 Å². The maximum atomic E-state index is 12.3. The summed E-state index contributed by atoms with van der Waals surface area (Å²) >= 11 is 0. The van der Waals surface area contributed by atoms with E-state index in [1.807, 2.05) is 0 Å². The monoisotopic (exact) mass is 289 g/mol. The Kier molecular flexibility index (Phi) is 6.46. The zero-order valence-corrected chi connectivity index (χ0v) is 13.1. The van der Waals surface area contributed by atoms with Crippen molar-refractivity contribution >= 4 is 10.2 Å². The summed E-state index contributed by atoms with van der Waals surface area (Å²) in [6.45, 7) is 10.3. The van der Waals surface area contributed by atoms with Crippen LogP contribution in [0.2, 0.25) is 0 Å². The summed E-state index contributed by atoms with van der Waals surface area (Å²) in [7, 11) is -1.72. The van der Waals surface area contributed by atoms with E-state index in [4.69, 9.17) is 0 Å². The van der Waals surface area contributed by atoms with Crippen molar-refractivity contribution < 1.29 is 8.42 Å². The molecule has 0 amide bonds. The van der Waals surface area contributed by atoms with Gasteiger partial charge in [0.15, 0.2) is 0 Å². The molecule has 1 atom stereocenters. The molecule has 0 radical (unpaired) electrons. The molecule has 0 aromatic rings. The van der Waals surface area contributed by atoms with Gasteiger partial charge in [0.1, 0.15) is 0 Å². The summed E-state index contributed by atoms with van der Waals surface area (Å²) in [5.74, 6) is 0.406. The number of hydrogen-bond donors (Lipinski definition) is 1. The van der Waals surface area contributed by atoms with Crippen molar-refractivity contribution in [1.29, 1.82) is 0 Å². The van der Waals surface area contributed by atoms with Gasteiger partial charge in [0.05, 0.1) is 0 Å². The Morgan fingerprint density at radius 1 is 1.53 bits per heavy atom. The second-order valence-corrected chi connectivity index (χ2v) is 7.54. The van der Waals surface area contributed by atoms with Crippen molar-refractivity contribution in [2.45, 2.75) is 32.7 Å². The van der Waals surface area contributed by atoms with Gasteiger partial charge in [0.25, 0.3) is 10.2 Å². The number of likely N-dealkylation sites (N-methyl/N-ethyl adjacent to an activating group) is 1. The van der Waals surface area contributed by atoms with Gasteiger partial charge < -0.3 is 5.32 Å². The zero-order valence-electron chi connectivity index (χ0n) is 12.3.